The van der Waals surface area contributed by atoms with Crippen molar-refractivity contribution in [3.05, 3.63) is 22.4 Å². The first kappa shape index (κ1) is 13.2. The van der Waals surface area contributed by atoms with E-state index in [-0.39, 0.29) is 5.91 Å². The fourth-order valence-electron chi connectivity index (χ4n) is 1.51. The van der Waals surface area contributed by atoms with Gasteiger partial charge in [0.25, 0.3) is 0 Å². The smallest absolute Gasteiger partial charge is 0.220 e. The monoisotopic (exact) mass is 240 g/mol. The molecule has 3 N–H and O–H groups in total. The molecule has 0 aromatic carbocycles. The van der Waals surface area contributed by atoms with Crippen molar-refractivity contribution in [3.63, 3.8) is 0 Å². The van der Waals surface area contributed by atoms with Gasteiger partial charge in [0.2, 0.25) is 5.91 Å². The average Bonchev–Trinajstić information content (AvgIpc) is 2.79. The highest BCUT2D eigenvalue weighted by Gasteiger charge is 2.09. The third kappa shape index (κ3) is 4.77. The van der Waals surface area contributed by atoms with Crippen molar-refractivity contribution in [3.8, 4) is 0 Å². The maximum Gasteiger partial charge on any atom is 0.220 e. The van der Waals surface area contributed by atoms with Gasteiger partial charge in [-0.3, -0.25) is 4.79 Å². The van der Waals surface area contributed by atoms with Crippen LogP contribution in [0.15, 0.2) is 17.5 Å². The van der Waals surface area contributed by atoms with Crippen LogP contribution in [0.1, 0.15) is 24.6 Å². The maximum atomic E-state index is 11.5. The number of hydrogen-bond acceptors (Lipinski definition) is 3. The summed E-state index contributed by atoms with van der Waals surface area (Å²) in [6.45, 7) is 3.38. The van der Waals surface area contributed by atoms with Gasteiger partial charge in [0.05, 0.1) is 0 Å². The topological polar surface area (TPSA) is 55.1 Å². The van der Waals surface area contributed by atoms with Crippen molar-refractivity contribution in [1.82, 2.24) is 5.32 Å². The van der Waals surface area contributed by atoms with Gasteiger partial charge in [-0.25, -0.2) is 0 Å². The van der Waals surface area contributed by atoms with Gasteiger partial charge in [0.15, 0.2) is 0 Å². The van der Waals surface area contributed by atoms with Crippen LogP contribution in [-0.2, 0) is 11.2 Å². The van der Waals surface area contributed by atoms with Gasteiger partial charge < -0.3 is 11.1 Å². The lowest BCUT2D eigenvalue weighted by atomic mass is 10.0. The standard InChI is InChI=1S/C12H20N2OS/c1-2-10(9-13)8-12(15)14-6-5-11-4-3-7-16-11/h3-4,7,10H,2,5-6,8-9,13H2,1H3,(H,14,15). The Labute approximate surface area is 101 Å². The van der Waals surface area contributed by atoms with E-state index in [4.69, 9.17) is 5.73 Å². The van der Waals surface area contributed by atoms with Gasteiger partial charge in [-0.2, -0.15) is 0 Å². The van der Waals surface area contributed by atoms with Crippen LogP contribution in [0.5, 0.6) is 0 Å². The zero-order valence-corrected chi connectivity index (χ0v) is 10.6. The van der Waals surface area contributed by atoms with Crippen molar-refractivity contribution in [2.45, 2.75) is 26.2 Å². The molecule has 0 aliphatic rings. The van der Waals surface area contributed by atoms with Crippen LogP contribution in [0, 0.1) is 5.92 Å². The van der Waals surface area contributed by atoms with Gasteiger partial charge in [0, 0.05) is 17.8 Å². The molecule has 4 heteroatoms. The summed E-state index contributed by atoms with van der Waals surface area (Å²) in [5.74, 6) is 0.440. The van der Waals surface area contributed by atoms with Crippen molar-refractivity contribution in [1.29, 1.82) is 0 Å². The van der Waals surface area contributed by atoms with Crippen LogP contribution in [0.2, 0.25) is 0 Å². The molecule has 1 rings (SSSR count). The Hall–Kier alpha value is -0.870. The maximum absolute atomic E-state index is 11.5. The van der Waals surface area contributed by atoms with Crippen LogP contribution in [0.3, 0.4) is 0 Å². The quantitative estimate of drug-likeness (QED) is 0.763. The van der Waals surface area contributed by atoms with E-state index in [0.29, 0.717) is 18.9 Å². The number of nitrogens with two attached hydrogens (primary N) is 1. The highest BCUT2D eigenvalue weighted by molar-refractivity contribution is 7.09. The Morgan fingerprint density at radius 1 is 1.62 bits per heavy atom. The summed E-state index contributed by atoms with van der Waals surface area (Å²) >= 11 is 1.73. The van der Waals surface area contributed by atoms with E-state index in [0.717, 1.165) is 19.4 Å². The molecule has 90 valence electrons. The van der Waals surface area contributed by atoms with Gasteiger partial charge in [-0.05, 0) is 30.3 Å². The molecule has 0 saturated heterocycles. The van der Waals surface area contributed by atoms with Gasteiger partial charge >= 0.3 is 0 Å². The number of rotatable bonds is 7. The molecule has 0 fully saturated rings. The largest absolute Gasteiger partial charge is 0.356 e. The van der Waals surface area contributed by atoms with E-state index in [9.17, 15) is 4.79 Å². The van der Waals surface area contributed by atoms with Crippen LogP contribution >= 0.6 is 11.3 Å². The summed E-state index contributed by atoms with van der Waals surface area (Å²) in [4.78, 5) is 12.8. The molecule has 1 aromatic heterocycles. The minimum absolute atomic E-state index is 0.119. The molecule has 1 atom stereocenters. The molecule has 1 amide bonds. The molecular weight excluding hydrogens is 220 g/mol. The third-order valence-corrected chi connectivity index (χ3v) is 3.59. The predicted octanol–water partition coefficient (Wildman–Crippen LogP) is 1.78. The van der Waals surface area contributed by atoms with Gasteiger partial charge in [-0.15, -0.1) is 11.3 Å². The molecule has 0 radical (unpaired) electrons. The second-order valence-corrected chi connectivity index (χ2v) is 4.93. The zero-order valence-electron chi connectivity index (χ0n) is 9.74. The normalized spacial score (nSPS) is 12.4. The van der Waals surface area contributed by atoms with E-state index in [2.05, 4.69) is 23.7 Å². The molecule has 3 nitrogen and oxygen atoms in total. The molecular formula is C12H20N2OS. The molecule has 0 saturated carbocycles. The lowest BCUT2D eigenvalue weighted by Gasteiger charge is -2.11. The Morgan fingerprint density at radius 2 is 2.44 bits per heavy atom. The fourth-order valence-corrected chi connectivity index (χ4v) is 2.22. The number of carbonyl (C=O) groups excluding carboxylic acids is 1. The second-order valence-electron chi connectivity index (χ2n) is 3.89. The Morgan fingerprint density at radius 3 is 3.00 bits per heavy atom. The zero-order chi connectivity index (χ0) is 11.8. The molecule has 0 bridgehead atoms. The summed E-state index contributed by atoms with van der Waals surface area (Å²) in [7, 11) is 0. The Kier molecular flexibility index (Phi) is 6.11. The molecule has 0 aliphatic heterocycles. The first-order valence-corrected chi connectivity index (χ1v) is 6.63. The minimum Gasteiger partial charge on any atom is -0.356 e. The first-order chi connectivity index (χ1) is 7.76. The van der Waals surface area contributed by atoms with E-state index in [1.807, 2.05) is 6.07 Å². The highest BCUT2D eigenvalue weighted by Crippen LogP contribution is 2.08. The van der Waals surface area contributed by atoms with E-state index >= 15 is 0 Å². The van der Waals surface area contributed by atoms with E-state index < -0.39 is 0 Å². The average molecular weight is 240 g/mol. The summed E-state index contributed by atoms with van der Waals surface area (Å²) in [6, 6.07) is 4.12. The lowest BCUT2D eigenvalue weighted by molar-refractivity contribution is -0.121. The molecule has 0 spiro atoms. The molecule has 1 unspecified atom stereocenters. The molecule has 16 heavy (non-hydrogen) atoms. The SMILES string of the molecule is CCC(CN)CC(=O)NCCc1cccs1. The van der Waals surface area contributed by atoms with Gasteiger partial charge in [-0.1, -0.05) is 19.4 Å². The van der Waals surface area contributed by atoms with E-state index in [1.54, 1.807) is 11.3 Å². The highest BCUT2D eigenvalue weighted by atomic mass is 32.1. The van der Waals surface area contributed by atoms with Crippen LogP contribution in [0.4, 0.5) is 0 Å². The molecule has 1 heterocycles. The lowest BCUT2D eigenvalue weighted by Crippen LogP contribution is -2.29. The molecule has 0 aliphatic carbocycles. The first-order valence-electron chi connectivity index (χ1n) is 5.75. The van der Waals surface area contributed by atoms with Crippen molar-refractivity contribution < 1.29 is 4.79 Å². The number of carbonyl (C=O) groups is 1. The number of hydrogen-bond donors (Lipinski definition) is 2. The number of amides is 1. The molecule has 1 aromatic rings. The van der Waals surface area contributed by atoms with Gasteiger partial charge in [0.1, 0.15) is 0 Å². The van der Waals surface area contributed by atoms with Crippen molar-refractivity contribution in [2.75, 3.05) is 13.1 Å². The number of nitrogens with one attached hydrogen (secondary N) is 1. The minimum atomic E-state index is 0.119. The van der Waals surface area contributed by atoms with Crippen LogP contribution in [-0.4, -0.2) is 19.0 Å². The second kappa shape index (κ2) is 7.41. The van der Waals surface area contributed by atoms with Crippen LogP contribution < -0.4 is 11.1 Å². The fraction of sp³-hybridized carbons (Fsp3) is 0.583. The summed E-state index contributed by atoms with van der Waals surface area (Å²) in [5, 5.41) is 4.99. The van der Waals surface area contributed by atoms with Crippen molar-refractivity contribution in [2.24, 2.45) is 11.7 Å². The third-order valence-electron chi connectivity index (χ3n) is 2.66. The van der Waals surface area contributed by atoms with E-state index in [1.165, 1.54) is 4.88 Å². The predicted molar refractivity (Wildman–Crippen MR) is 68.5 cm³/mol. The summed E-state index contributed by atoms with van der Waals surface area (Å²) in [6.07, 6.45) is 2.44. The summed E-state index contributed by atoms with van der Waals surface area (Å²) in [5.41, 5.74) is 5.56. The Bertz CT molecular complexity index is 294. The Balaban J connectivity index is 2.15. The van der Waals surface area contributed by atoms with Crippen LogP contribution in [0.25, 0.3) is 0 Å². The van der Waals surface area contributed by atoms with Crippen molar-refractivity contribution >= 4 is 17.2 Å². The number of thiophene rings is 1. The summed E-state index contributed by atoms with van der Waals surface area (Å²) < 4.78 is 0.